The average molecular weight is 356 g/mol. The molecule has 0 aliphatic carbocycles. The molecule has 0 aliphatic heterocycles. The third-order valence-electron chi connectivity index (χ3n) is 2.72. The molecule has 2 aromatic carbocycles. The van der Waals surface area contributed by atoms with Crippen LogP contribution in [0.5, 0.6) is 11.5 Å². The van der Waals surface area contributed by atoms with Gasteiger partial charge in [0.15, 0.2) is 9.84 Å². The summed E-state index contributed by atoms with van der Waals surface area (Å²) in [5.74, 6) is 1.04. The number of rotatable bonds is 3. The Kier molecular flexibility index (Phi) is 4.06. The van der Waals surface area contributed by atoms with Gasteiger partial charge in [0.25, 0.3) is 0 Å². The van der Waals surface area contributed by atoms with Crippen molar-refractivity contribution in [2.45, 2.75) is 11.8 Å². The molecule has 0 radical (unpaired) electrons. The molecule has 0 fully saturated rings. The number of anilines is 1. The molecule has 0 amide bonds. The van der Waals surface area contributed by atoms with E-state index in [1.807, 2.05) is 25.1 Å². The quantitative estimate of drug-likeness (QED) is 0.854. The first-order valence-electron chi connectivity index (χ1n) is 5.81. The summed E-state index contributed by atoms with van der Waals surface area (Å²) < 4.78 is 29.4. The number of hydrogen-bond donors (Lipinski definition) is 1. The van der Waals surface area contributed by atoms with Crippen molar-refractivity contribution >= 4 is 31.5 Å². The predicted molar refractivity (Wildman–Crippen MR) is 82.9 cm³/mol. The molecule has 2 aromatic rings. The summed E-state index contributed by atoms with van der Waals surface area (Å²) in [5.41, 5.74) is 7.22. The molecule has 0 unspecified atom stereocenters. The highest BCUT2D eigenvalue weighted by molar-refractivity contribution is 9.10. The lowest BCUT2D eigenvalue weighted by Crippen LogP contribution is -2.00. The van der Waals surface area contributed by atoms with E-state index in [2.05, 4.69) is 15.9 Å². The highest BCUT2D eigenvalue weighted by atomic mass is 79.9. The van der Waals surface area contributed by atoms with Crippen LogP contribution in [0.1, 0.15) is 5.56 Å². The normalized spacial score (nSPS) is 11.3. The number of ether oxygens (including phenoxy) is 1. The second-order valence-corrected chi connectivity index (χ2v) is 7.38. The number of sulfone groups is 1. The first-order valence-corrected chi connectivity index (χ1v) is 8.49. The maximum Gasteiger partial charge on any atom is 0.175 e. The fraction of sp³-hybridized carbons (Fsp3) is 0.143. The zero-order chi connectivity index (χ0) is 14.9. The van der Waals surface area contributed by atoms with E-state index in [0.29, 0.717) is 11.5 Å². The van der Waals surface area contributed by atoms with E-state index >= 15 is 0 Å². The SMILES string of the molecule is Cc1ccc(Oc2ccc(S(C)(=O)=O)cc2N)c(Br)c1. The molecular weight excluding hydrogens is 342 g/mol. The number of aryl methyl sites for hydroxylation is 1. The van der Waals surface area contributed by atoms with Crippen molar-refractivity contribution in [2.75, 3.05) is 12.0 Å². The van der Waals surface area contributed by atoms with Crippen LogP contribution in [0.2, 0.25) is 0 Å². The summed E-state index contributed by atoms with van der Waals surface area (Å²) in [5, 5.41) is 0. The van der Waals surface area contributed by atoms with Crippen LogP contribution < -0.4 is 10.5 Å². The maximum absolute atomic E-state index is 11.4. The summed E-state index contributed by atoms with van der Waals surface area (Å²) in [7, 11) is -3.27. The number of benzene rings is 2. The molecule has 0 atom stereocenters. The molecule has 0 heterocycles. The minimum Gasteiger partial charge on any atom is -0.454 e. The maximum atomic E-state index is 11.4. The molecule has 0 bridgehead atoms. The third kappa shape index (κ3) is 3.32. The molecule has 0 aliphatic rings. The first-order chi connectivity index (χ1) is 9.27. The van der Waals surface area contributed by atoms with E-state index in [4.69, 9.17) is 10.5 Å². The van der Waals surface area contributed by atoms with Gasteiger partial charge in [-0.05, 0) is 58.7 Å². The van der Waals surface area contributed by atoms with E-state index in [1.165, 1.54) is 12.1 Å². The van der Waals surface area contributed by atoms with Crippen LogP contribution in [-0.4, -0.2) is 14.7 Å². The molecule has 20 heavy (non-hydrogen) atoms. The van der Waals surface area contributed by atoms with Crippen LogP contribution in [-0.2, 0) is 9.84 Å². The van der Waals surface area contributed by atoms with E-state index in [1.54, 1.807) is 6.07 Å². The zero-order valence-electron chi connectivity index (χ0n) is 11.1. The van der Waals surface area contributed by atoms with Crippen LogP contribution in [0.15, 0.2) is 45.8 Å². The molecule has 2 N–H and O–H groups in total. The smallest absolute Gasteiger partial charge is 0.175 e. The minimum absolute atomic E-state index is 0.172. The van der Waals surface area contributed by atoms with Crippen LogP contribution in [0, 0.1) is 6.92 Å². The van der Waals surface area contributed by atoms with Gasteiger partial charge in [0.05, 0.1) is 15.1 Å². The van der Waals surface area contributed by atoms with Gasteiger partial charge in [-0.1, -0.05) is 6.07 Å². The summed E-state index contributed by atoms with van der Waals surface area (Å²) in [6.07, 6.45) is 1.14. The van der Waals surface area contributed by atoms with E-state index in [9.17, 15) is 8.42 Å². The Labute approximate surface area is 126 Å². The lowest BCUT2D eigenvalue weighted by atomic mass is 10.2. The van der Waals surface area contributed by atoms with Crippen molar-refractivity contribution in [1.29, 1.82) is 0 Å². The van der Waals surface area contributed by atoms with Gasteiger partial charge in [0, 0.05) is 6.26 Å². The Morgan fingerprint density at radius 1 is 1.10 bits per heavy atom. The van der Waals surface area contributed by atoms with Crippen LogP contribution in [0.4, 0.5) is 5.69 Å². The highest BCUT2D eigenvalue weighted by Gasteiger charge is 2.11. The summed E-state index contributed by atoms with van der Waals surface area (Å²) >= 11 is 3.41. The Bertz CT molecular complexity index is 757. The van der Waals surface area contributed by atoms with Crippen molar-refractivity contribution in [2.24, 2.45) is 0 Å². The van der Waals surface area contributed by atoms with Crippen molar-refractivity contribution in [1.82, 2.24) is 0 Å². The largest absolute Gasteiger partial charge is 0.454 e. The van der Waals surface area contributed by atoms with Gasteiger partial charge >= 0.3 is 0 Å². The van der Waals surface area contributed by atoms with Gasteiger partial charge in [-0.2, -0.15) is 0 Å². The van der Waals surface area contributed by atoms with Crippen molar-refractivity contribution in [3.8, 4) is 11.5 Å². The van der Waals surface area contributed by atoms with Gasteiger partial charge in [-0.3, -0.25) is 0 Å². The first kappa shape index (κ1) is 14.9. The van der Waals surface area contributed by atoms with Gasteiger partial charge in [-0.25, -0.2) is 8.42 Å². The van der Waals surface area contributed by atoms with Crippen LogP contribution in [0.3, 0.4) is 0 Å². The number of nitrogen functional groups attached to an aromatic ring is 1. The molecular formula is C14H14BrNO3S. The number of nitrogens with two attached hydrogens (primary N) is 1. The van der Waals surface area contributed by atoms with Crippen LogP contribution in [0.25, 0.3) is 0 Å². The molecule has 4 nitrogen and oxygen atoms in total. The summed E-state index contributed by atoms with van der Waals surface area (Å²) in [6, 6.07) is 10.1. The van der Waals surface area contributed by atoms with E-state index < -0.39 is 9.84 Å². The zero-order valence-corrected chi connectivity index (χ0v) is 13.5. The fourth-order valence-corrected chi connectivity index (χ4v) is 2.89. The molecule has 6 heteroatoms. The lowest BCUT2D eigenvalue weighted by molar-refractivity contribution is 0.481. The second-order valence-electron chi connectivity index (χ2n) is 4.51. The van der Waals surface area contributed by atoms with Crippen molar-refractivity contribution in [3.05, 3.63) is 46.4 Å². The van der Waals surface area contributed by atoms with E-state index in [-0.39, 0.29) is 10.6 Å². The summed E-state index contributed by atoms with van der Waals surface area (Å²) in [4.78, 5) is 0.172. The molecule has 106 valence electrons. The Hall–Kier alpha value is -1.53. The molecule has 0 spiro atoms. The van der Waals surface area contributed by atoms with Crippen LogP contribution >= 0.6 is 15.9 Å². The highest BCUT2D eigenvalue weighted by Crippen LogP contribution is 2.34. The molecule has 2 rings (SSSR count). The molecule has 0 saturated heterocycles. The topological polar surface area (TPSA) is 69.4 Å². The Balaban J connectivity index is 2.35. The Morgan fingerprint density at radius 2 is 1.75 bits per heavy atom. The number of halogens is 1. The van der Waals surface area contributed by atoms with Gasteiger partial charge in [0.1, 0.15) is 11.5 Å². The Morgan fingerprint density at radius 3 is 2.30 bits per heavy atom. The van der Waals surface area contributed by atoms with Crippen molar-refractivity contribution < 1.29 is 13.2 Å². The third-order valence-corrected chi connectivity index (χ3v) is 4.45. The van der Waals surface area contributed by atoms with Crippen molar-refractivity contribution in [3.63, 3.8) is 0 Å². The van der Waals surface area contributed by atoms with Gasteiger partial charge in [0.2, 0.25) is 0 Å². The lowest BCUT2D eigenvalue weighted by Gasteiger charge is -2.11. The monoisotopic (exact) mass is 355 g/mol. The fourth-order valence-electron chi connectivity index (χ4n) is 1.66. The standard InChI is InChI=1S/C14H14BrNO3S/c1-9-3-5-13(11(15)7-9)19-14-6-4-10(8-12(14)16)20(2,17)18/h3-8H,16H2,1-2H3. The average Bonchev–Trinajstić information content (AvgIpc) is 2.33. The van der Waals surface area contributed by atoms with E-state index in [0.717, 1.165) is 16.3 Å². The summed E-state index contributed by atoms with van der Waals surface area (Å²) in [6.45, 7) is 1.98. The second kappa shape index (κ2) is 5.46. The number of hydrogen-bond acceptors (Lipinski definition) is 4. The predicted octanol–water partition coefficient (Wildman–Crippen LogP) is 3.54. The van der Waals surface area contributed by atoms with Gasteiger partial charge < -0.3 is 10.5 Å². The van der Waals surface area contributed by atoms with Gasteiger partial charge in [-0.15, -0.1) is 0 Å². The molecule has 0 aromatic heterocycles. The minimum atomic E-state index is -3.27. The molecule has 0 saturated carbocycles.